The molecular formula is C28H25FN4O6. The number of aromatic amines is 1. The number of anilines is 1. The minimum Gasteiger partial charge on any atom is -0.481 e. The average molecular weight is 533 g/mol. The normalized spacial score (nSPS) is 12.4. The molecule has 0 radical (unpaired) electrons. The van der Waals surface area contributed by atoms with Crippen LogP contribution < -0.4 is 16.2 Å². The van der Waals surface area contributed by atoms with Crippen molar-refractivity contribution in [3.05, 3.63) is 101 Å². The van der Waals surface area contributed by atoms with E-state index in [4.69, 9.17) is 5.11 Å². The van der Waals surface area contributed by atoms with Crippen LogP contribution in [0.1, 0.15) is 28.4 Å². The molecule has 0 saturated heterocycles. The SMILES string of the molecule is O=C(O)CC(NC(=O)[C@H](Cc1c[nH]c2ccccc12)n1cccc(NC(=O)c2ccccc2)c1=O)C(=O)CF. The molecule has 0 spiro atoms. The van der Waals surface area contributed by atoms with E-state index in [0.29, 0.717) is 11.1 Å². The van der Waals surface area contributed by atoms with E-state index in [9.17, 15) is 28.4 Å². The number of aliphatic carboxylic acids is 1. The van der Waals surface area contributed by atoms with Crippen LogP contribution >= 0.6 is 0 Å². The number of benzene rings is 2. The smallest absolute Gasteiger partial charge is 0.305 e. The van der Waals surface area contributed by atoms with Crippen molar-refractivity contribution in [2.75, 3.05) is 12.0 Å². The van der Waals surface area contributed by atoms with Gasteiger partial charge in [0.15, 0.2) is 5.78 Å². The van der Waals surface area contributed by atoms with Gasteiger partial charge in [-0.2, -0.15) is 0 Å². The number of nitrogens with zero attached hydrogens (tertiary/aromatic N) is 1. The van der Waals surface area contributed by atoms with Crippen molar-refractivity contribution < 1.29 is 28.7 Å². The lowest BCUT2D eigenvalue weighted by atomic mass is 10.0. The number of halogens is 1. The summed E-state index contributed by atoms with van der Waals surface area (Å²) in [5.74, 6) is -3.90. The molecule has 2 atom stereocenters. The quantitative estimate of drug-likeness (QED) is 0.233. The Kier molecular flexibility index (Phi) is 8.30. The first kappa shape index (κ1) is 27.0. The maximum absolute atomic E-state index is 13.5. The highest BCUT2D eigenvalue weighted by atomic mass is 19.1. The molecule has 39 heavy (non-hydrogen) atoms. The molecule has 2 aromatic carbocycles. The number of nitrogens with one attached hydrogen (secondary N) is 3. The summed E-state index contributed by atoms with van der Waals surface area (Å²) in [5, 5.41) is 14.8. The number of alkyl halides is 1. The minimum absolute atomic E-state index is 0.0323. The Morgan fingerprint density at radius 1 is 0.974 bits per heavy atom. The predicted octanol–water partition coefficient (Wildman–Crippen LogP) is 2.86. The highest BCUT2D eigenvalue weighted by Gasteiger charge is 2.30. The van der Waals surface area contributed by atoms with Crippen molar-refractivity contribution in [3.63, 3.8) is 0 Å². The van der Waals surface area contributed by atoms with Gasteiger partial charge in [0.25, 0.3) is 11.5 Å². The third-order valence-corrected chi connectivity index (χ3v) is 6.20. The number of H-pyrrole nitrogens is 1. The van der Waals surface area contributed by atoms with Gasteiger partial charge in [0, 0.05) is 35.3 Å². The van der Waals surface area contributed by atoms with Crippen LogP contribution in [-0.2, 0) is 20.8 Å². The van der Waals surface area contributed by atoms with Crippen molar-refractivity contribution in [3.8, 4) is 0 Å². The maximum Gasteiger partial charge on any atom is 0.305 e. The molecule has 4 rings (SSSR count). The fraction of sp³-hybridized carbons (Fsp3) is 0.179. The number of ketones is 1. The number of carbonyl (C=O) groups is 4. The number of aromatic nitrogens is 2. The third-order valence-electron chi connectivity index (χ3n) is 6.20. The number of carbonyl (C=O) groups excluding carboxylic acids is 3. The number of carboxylic acids is 1. The van der Waals surface area contributed by atoms with Crippen molar-refractivity contribution in [2.45, 2.75) is 24.9 Å². The van der Waals surface area contributed by atoms with Crippen LogP contribution in [0.25, 0.3) is 10.9 Å². The first-order valence-electron chi connectivity index (χ1n) is 12.0. The lowest BCUT2D eigenvalue weighted by molar-refractivity contribution is -0.140. The highest BCUT2D eigenvalue weighted by molar-refractivity contribution is 6.04. The van der Waals surface area contributed by atoms with Gasteiger partial charge in [-0.05, 0) is 35.9 Å². The summed E-state index contributed by atoms with van der Waals surface area (Å²) < 4.78 is 14.2. The number of Topliss-reactive ketones (excluding diaryl/α,β-unsaturated/α-hetero) is 1. The zero-order valence-electron chi connectivity index (χ0n) is 20.6. The van der Waals surface area contributed by atoms with E-state index in [-0.39, 0.29) is 12.1 Å². The second-order valence-corrected chi connectivity index (χ2v) is 8.79. The first-order chi connectivity index (χ1) is 18.8. The molecular weight excluding hydrogens is 507 g/mol. The fourth-order valence-electron chi connectivity index (χ4n) is 4.24. The van der Waals surface area contributed by atoms with Crippen LogP contribution in [0.3, 0.4) is 0 Å². The molecule has 1 unspecified atom stereocenters. The summed E-state index contributed by atoms with van der Waals surface area (Å²) in [4.78, 5) is 66.0. The third kappa shape index (κ3) is 6.27. The van der Waals surface area contributed by atoms with E-state index >= 15 is 0 Å². The van der Waals surface area contributed by atoms with Gasteiger partial charge in [-0.3, -0.25) is 24.0 Å². The number of fused-ring (bicyclic) bond motifs is 1. The van der Waals surface area contributed by atoms with Crippen molar-refractivity contribution in [2.24, 2.45) is 0 Å². The monoisotopic (exact) mass is 532 g/mol. The Bertz CT molecular complexity index is 1580. The van der Waals surface area contributed by atoms with Gasteiger partial charge in [-0.1, -0.05) is 36.4 Å². The van der Waals surface area contributed by atoms with Gasteiger partial charge in [-0.25, -0.2) is 4.39 Å². The lowest BCUT2D eigenvalue weighted by Gasteiger charge is -2.23. The van der Waals surface area contributed by atoms with Crippen LogP contribution in [0, 0.1) is 0 Å². The molecule has 0 bridgehead atoms. The standard InChI is InChI=1S/C28H25FN4O6/c29-15-24(34)22(14-25(35)36)32-27(38)23(13-18-16-30-20-10-5-4-9-19(18)20)33-12-6-11-21(28(33)39)31-26(37)17-7-2-1-3-8-17/h1-12,16,22-23,30H,13-15H2,(H,31,37)(H,32,38)(H,35,36)/t22?,23-/m0/s1. The van der Waals surface area contributed by atoms with Crippen molar-refractivity contribution in [1.82, 2.24) is 14.9 Å². The van der Waals surface area contributed by atoms with E-state index in [1.807, 2.05) is 24.3 Å². The highest BCUT2D eigenvalue weighted by Crippen LogP contribution is 2.23. The summed E-state index contributed by atoms with van der Waals surface area (Å²) in [6.07, 6.45) is 2.17. The first-order valence-corrected chi connectivity index (χ1v) is 12.0. The largest absolute Gasteiger partial charge is 0.481 e. The van der Waals surface area contributed by atoms with Crippen LogP contribution in [0.15, 0.2) is 83.9 Å². The molecule has 10 nitrogen and oxygen atoms in total. The number of para-hydroxylation sites is 1. The Balaban J connectivity index is 1.71. The van der Waals surface area contributed by atoms with Crippen LogP contribution in [0.2, 0.25) is 0 Å². The van der Waals surface area contributed by atoms with Crippen LogP contribution in [-0.4, -0.2) is 50.9 Å². The van der Waals surface area contributed by atoms with Crippen LogP contribution in [0.4, 0.5) is 10.1 Å². The summed E-state index contributed by atoms with van der Waals surface area (Å²) in [7, 11) is 0. The molecule has 2 amide bonds. The Labute approximate surface area is 221 Å². The summed E-state index contributed by atoms with van der Waals surface area (Å²) in [6, 6.07) is 15.5. The van der Waals surface area contributed by atoms with E-state index in [0.717, 1.165) is 15.5 Å². The van der Waals surface area contributed by atoms with E-state index in [2.05, 4.69) is 15.6 Å². The molecule has 4 aromatic rings. The predicted molar refractivity (Wildman–Crippen MR) is 141 cm³/mol. The zero-order chi connectivity index (χ0) is 27.9. The average Bonchev–Trinajstić information content (AvgIpc) is 3.35. The molecule has 0 aliphatic heterocycles. The lowest BCUT2D eigenvalue weighted by Crippen LogP contribution is -2.47. The maximum atomic E-state index is 13.5. The number of carboxylic acid groups (broad SMARTS) is 1. The summed E-state index contributed by atoms with van der Waals surface area (Å²) >= 11 is 0. The molecule has 0 saturated carbocycles. The number of amides is 2. The van der Waals surface area contributed by atoms with Gasteiger partial charge in [0.1, 0.15) is 24.4 Å². The van der Waals surface area contributed by atoms with Crippen LogP contribution in [0.5, 0.6) is 0 Å². The van der Waals surface area contributed by atoms with Crippen molar-refractivity contribution >= 4 is 40.2 Å². The topological polar surface area (TPSA) is 150 Å². The van der Waals surface area contributed by atoms with Gasteiger partial charge in [0.2, 0.25) is 5.91 Å². The molecule has 2 heterocycles. The second-order valence-electron chi connectivity index (χ2n) is 8.79. The number of rotatable bonds is 11. The Morgan fingerprint density at radius 2 is 1.69 bits per heavy atom. The van der Waals surface area contributed by atoms with Gasteiger partial charge in [-0.15, -0.1) is 0 Å². The van der Waals surface area contributed by atoms with E-state index < -0.39 is 54.3 Å². The van der Waals surface area contributed by atoms with Gasteiger partial charge >= 0.3 is 5.97 Å². The number of hydrogen-bond acceptors (Lipinski definition) is 5. The van der Waals surface area contributed by atoms with E-state index in [1.54, 1.807) is 36.5 Å². The van der Waals surface area contributed by atoms with Crippen molar-refractivity contribution in [1.29, 1.82) is 0 Å². The van der Waals surface area contributed by atoms with Gasteiger partial charge in [0.05, 0.1) is 6.42 Å². The minimum atomic E-state index is -1.62. The zero-order valence-corrected chi connectivity index (χ0v) is 20.6. The fourth-order valence-corrected chi connectivity index (χ4v) is 4.24. The summed E-state index contributed by atoms with van der Waals surface area (Å²) in [6.45, 7) is -1.47. The molecule has 4 N–H and O–H groups in total. The molecule has 200 valence electrons. The molecule has 0 aliphatic rings. The second kappa shape index (κ2) is 12.0. The Hall–Kier alpha value is -5.06. The molecule has 0 fully saturated rings. The molecule has 11 heteroatoms. The summed E-state index contributed by atoms with van der Waals surface area (Å²) in [5.41, 5.74) is 0.988. The molecule has 2 aromatic heterocycles. The number of pyridine rings is 1. The van der Waals surface area contributed by atoms with E-state index in [1.165, 1.54) is 18.3 Å². The Morgan fingerprint density at radius 3 is 2.41 bits per heavy atom. The van der Waals surface area contributed by atoms with Gasteiger partial charge < -0.3 is 25.3 Å². The number of hydrogen-bond donors (Lipinski definition) is 4. The molecule has 0 aliphatic carbocycles.